The summed E-state index contributed by atoms with van der Waals surface area (Å²) in [7, 11) is -4.08. The summed E-state index contributed by atoms with van der Waals surface area (Å²) in [4.78, 5) is 24.1. The van der Waals surface area contributed by atoms with Crippen molar-refractivity contribution in [3.8, 4) is 5.75 Å². The zero-order valence-corrected chi connectivity index (χ0v) is 20.8. The molecule has 2 amide bonds. The van der Waals surface area contributed by atoms with Crippen molar-refractivity contribution in [2.45, 2.75) is 12.7 Å². The van der Waals surface area contributed by atoms with Crippen LogP contribution in [0.15, 0.2) is 76.4 Å². The van der Waals surface area contributed by atoms with Crippen LogP contribution in [0.1, 0.15) is 16.9 Å². The molecule has 0 atom stereocenters. The molecule has 0 aliphatic rings. The summed E-state index contributed by atoms with van der Waals surface area (Å²) >= 11 is 0. The molecule has 0 aliphatic heterocycles. The maximum atomic E-state index is 13.0. The van der Waals surface area contributed by atoms with Gasteiger partial charge in [0.2, 0.25) is 10.0 Å². The number of carbonyl (C=O) groups is 2. The SMILES string of the molecule is CS(=O)(=O)N(CC(=O)N/N=C\c1ccc(OCC(=O)NCc2ccco2)cc1)c1cccc(C(F)(F)F)c1. The Labute approximate surface area is 216 Å². The highest BCUT2D eigenvalue weighted by molar-refractivity contribution is 7.92. The van der Waals surface area contributed by atoms with E-state index in [9.17, 15) is 31.2 Å². The van der Waals surface area contributed by atoms with E-state index in [-0.39, 0.29) is 24.7 Å². The second-order valence-corrected chi connectivity index (χ2v) is 9.73. The number of benzene rings is 2. The van der Waals surface area contributed by atoms with Gasteiger partial charge in [0.05, 0.1) is 36.5 Å². The van der Waals surface area contributed by atoms with Crippen LogP contribution in [0.2, 0.25) is 0 Å². The number of furan rings is 1. The molecule has 3 rings (SSSR count). The van der Waals surface area contributed by atoms with Crippen LogP contribution in [-0.2, 0) is 32.3 Å². The Hall–Kier alpha value is -4.33. The molecule has 0 bridgehead atoms. The quantitative estimate of drug-likeness (QED) is 0.278. The van der Waals surface area contributed by atoms with Gasteiger partial charge in [-0.3, -0.25) is 13.9 Å². The van der Waals surface area contributed by atoms with Crippen LogP contribution in [0.25, 0.3) is 0 Å². The van der Waals surface area contributed by atoms with Crippen molar-refractivity contribution >= 4 is 33.7 Å². The van der Waals surface area contributed by atoms with Crippen LogP contribution >= 0.6 is 0 Å². The van der Waals surface area contributed by atoms with Crippen molar-refractivity contribution in [2.75, 3.05) is 23.7 Å². The van der Waals surface area contributed by atoms with Gasteiger partial charge in [-0.15, -0.1) is 0 Å². The summed E-state index contributed by atoms with van der Waals surface area (Å²) in [6, 6.07) is 13.4. The summed E-state index contributed by atoms with van der Waals surface area (Å²) in [6.45, 7) is -0.766. The molecule has 38 heavy (non-hydrogen) atoms. The van der Waals surface area contributed by atoms with E-state index < -0.39 is 34.2 Å². The van der Waals surface area contributed by atoms with E-state index in [1.165, 1.54) is 12.5 Å². The second kappa shape index (κ2) is 12.3. The number of amides is 2. The van der Waals surface area contributed by atoms with E-state index >= 15 is 0 Å². The Kier molecular flexibility index (Phi) is 9.12. The standard InChI is InChI=1S/C24H23F3N4O6S/c1-38(34,35)31(19-5-2-4-18(12-19)24(25,26)27)15-22(32)30-29-13-17-7-9-20(10-8-17)37-16-23(33)28-14-21-6-3-11-36-21/h2-13H,14-16H2,1H3,(H,28,33)(H,30,32)/b29-13-. The number of carbonyl (C=O) groups excluding carboxylic acids is 2. The van der Waals surface area contributed by atoms with E-state index in [1.54, 1.807) is 36.4 Å². The van der Waals surface area contributed by atoms with Gasteiger partial charge in [-0.1, -0.05) is 6.07 Å². The Bertz CT molecular complexity index is 1370. The van der Waals surface area contributed by atoms with E-state index in [0.717, 1.165) is 24.5 Å². The summed E-state index contributed by atoms with van der Waals surface area (Å²) in [5.41, 5.74) is 1.31. The predicted molar refractivity (Wildman–Crippen MR) is 132 cm³/mol. The van der Waals surface area contributed by atoms with Gasteiger partial charge < -0.3 is 14.5 Å². The van der Waals surface area contributed by atoms with Crippen LogP contribution in [0.3, 0.4) is 0 Å². The van der Waals surface area contributed by atoms with E-state index in [0.29, 0.717) is 27.4 Å². The van der Waals surface area contributed by atoms with Crippen LogP contribution in [0.4, 0.5) is 18.9 Å². The molecule has 0 saturated heterocycles. The number of halogens is 3. The predicted octanol–water partition coefficient (Wildman–Crippen LogP) is 2.91. The number of rotatable bonds is 11. The number of nitrogens with zero attached hydrogens (tertiary/aromatic N) is 2. The molecule has 0 unspecified atom stereocenters. The van der Waals surface area contributed by atoms with Gasteiger partial charge in [-0.2, -0.15) is 18.3 Å². The summed E-state index contributed by atoms with van der Waals surface area (Å²) < 4.78 is 74.3. The highest BCUT2D eigenvalue weighted by atomic mass is 32.2. The maximum absolute atomic E-state index is 13.0. The molecule has 10 nitrogen and oxygen atoms in total. The first kappa shape index (κ1) is 28.2. The third-order valence-corrected chi connectivity index (χ3v) is 5.98. The molecule has 0 saturated carbocycles. The number of nitrogens with one attached hydrogen (secondary N) is 2. The van der Waals surface area contributed by atoms with Crippen LogP contribution < -0.4 is 19.8 Å². The topological polar surface area (TPSA) is 130 Å². The van der Waals surface area contributed by atoms with Gasteiger partial charge in [0.15, 0.2) is 6.61 Å². The van der Waals surface area contributed by atoms with Crippen molar-refractivity contribution in [1.29, 1.82) is 0 Å². The van der Waals surface area contributed by atoms with Gasteiger partial charge in [0.25, 0.3) is 11.8 Å². The lowest BCUT2D eigenvalue weighted by atomic mass is 10.2. The minimum atomic E-state index is -4.68. The van der Waals surface area contributed by atoms with E-state index in [1.807, 2.05) is 0 Å². The van der Waals surface area contributed by atoms with Gasteiger partial charge in [0, 0.05) is 0 Å². The van der Waals surface area contributed by atoms with Gasteiger partial charge >= 0.3 is 6.18 Å². The number of hydrazone groups is 1. The molecule has 14 heteroatoms. The summed E-state index contributed by atoms with van der Waals surface area (Å²) in [6.07, 6.45) is -1.14. The first-order chi connectivity index (χ1) is 17.9. The highest BCUT2D eigenvalue weighted by Gasteiger charge is 2.32. The normalized spacial score (nSPS) is 11.8. The van der Waals surface area contributed by atoms with E-state index in [2.05, 4.69) is 15.8 Å². The first-order valence-corrected chi connectivity index (χ1v) is 12.8. The highest BCUT2D eigenvalue weighted by Crippen LogP contribution is 2.32. The number of hydrogen-bond donors (Lipinski definition) is 2. The molecule has 202 valence electrons. The summed E-state index contributed by atoms with van der Waals surface area (Å²) in [5.74, 6) is -0.203. The first-order valence-electron chi connectivity index (χ1n) is 10.9. The van der Waals surface area contributed by atoms with Crippen LogP contribution in [0.5, 0.6) is 5.75 Å². The molecule has 0 aliphatic carbocycles. The van der Waals surface area contributed by atoms with Crippen molar-refractivity contribution in [3.63, 3.8) is 0 Å². The number of hydrogen-bond acceptors (Lipinski definition) is 7. The minimum Gasteiger partial charge on any atom is -0.484 e. The molecule has 1 heterocycles. The average Bonchev–Trinajstić information content (AvgIpc) is 3.38. The third-order valence-electron chi connectivity index (χ3n) is 4.84. The zero-order valence-electron chi connectivity index (χ0n) is 19.9. The smallest absolute Gasteiger partial charge is 0.416 e. The minimum absolute atomic E-state index is 0.215. The second-order valence-electron chi connectivity index (χ2n) is 7.82. The van der Waals surface area contributed by atoms with Crippen molar-refractivity contribution in [2.24, 2.45) is 5.10 Å². The Morgan fingerprint density at radius 1 is 1.08 bits per heavy atom. The van der Waals surface area contributed by atoms with Gasteiger partial charge in [0.1, 0.15) is 18.1 Å². The molecular formula is C24H23F3N4O6S. The molecule has 1 aromatic heterocycles. The van der Waals surface area contributed by atoms with Crippen molar-refractivity contribution < 1.29 is 40.3 Å². The summed E-state index contributed by atoms with van der Waals surface area (Å²) in [5, 5.41) is 6.38. The maximum Gasteiger partial charge on any atom is 0.416 e. The fourth-order valence-electron chi connectivity index (χ4n) is 3.03. The van der Waals surface area contributed by atoms with Crippen molar-refractivity contribution in [3.05, 3.63) is 83.8 Å². The fraction of sp³-hybridized carbons (Fsp3) is 0.208. The Morgan fingerprint density at radius 2 is 1.82 bits per heavy atom. The monoisotopic (exact) mass is 552 g/mol. The molecule has 0 fully saturated rings. The lowest BCUT2D eigenvalue weighted by molar-refractivity contribution is -0.137. The average molecular weight is 553 g/mol. The lowest BCUT2D eigenvalue weighted by Gasteiger charge is -2.22. The van der Waals surface area contributed by atoms with Crippen LogP contribution in [-0.4, -0.2) is 45.9 Å². The number of ether oxygens (including phenoxy) is 1. The molecule has 0 radical (unpaired) electrons. The molecule has 3 aromatic rings. The molecule has 2 N–H and O–H groups in total. The number of sulfonamides is 1. The largest absolute Gasteiger partial charge is 0.484 e. The van der Waals surface area contributed by atoms with Gasteiger partial charge in [-0.05, 0) is 60.2 Å². The third kappa shape index (κ3) is 8.65. The lowest BCUT2D eigenvalue weighted by Crippen LogP contribution is -2.39. The molecular weight excluding hydrogens is 529 g/mol. The Morgan fingerprint density at radius 3 is 2.45 bits per heavy atom. The fourth-order valence-corrected chi connectivity index (χ4v) is 3.88. The van der Waals surface area contributed by atoms with Crippen molar-refractivity contribution in [1.82, 2.24) is 10.7 Å². The zero-order chi connectivity index (χ0) is 27.8. The Balaban J connectivity index is 1.51. The van der Waals surface area contributed by atoms with Gasteiger partial charge in [-0.25, -0.2) is 13.8 Å². The van der Waals surface area contributed by atoms with Crippen LogP contribution in [0, 0.1) is 0 Å². The molecule has 2 aromatic carbocycles. The molecule has 0 spiro atoms. The number of anilines is 1. The number of alkyl halides is 3. The van der Waals surface area contributed by atoms with E-state index in [4.69, 9.17) is 9.15 Å².